The highest BCUT2D eigenvalue weighted by Gasteiger charge is 2.25. The van der Waals surface area contributed by atoms with Crippen molar-refractivity contribution >= 4 is 30.8 Å². The highest BCUT2D eigenvalue weighted by molar-refractivity contribution is 7.92. The third-order valence-corrected chi connectivity index (χ3v) is 6.20. The Labute approximate surface area is 127 Å². The lowest BCUT2D eigenvalue weighted by Gasteiger charge is -2.15. The van der Waals surface area contributed by atoms with Crippen LogP contribution >= 0.6 is 0 Å². The lowest BCUT2D eigenvalue weighted by atomic mass is 10.3. The van der Waals surface area contributed by atoms with E-state index in [0.29, 0.717) is 12.2 Å². The molecule has 0 saturated heterocycles. The van der Waals surface area contributed by atoms with Gasteiger partial charge in [-0.3, -0.25) is 4.21 Å². The zero-order chi connectivity index (χ0) is 16.3. The van der Waals surface area contributed by atoms with Crippen LogP contribution in [-0.4, -0.2) is 39.1 Å². The Balaban J connectivity index is 3.07. The minimum absolute atomic E-state index is 0.348. The van der Waals surface area contributed by atoms with Crippen LogP contribution in [0.25, 0.3) is 0 Å². The predicted molar refractivity (Wildman–Crippen MR) is 81.1 cm³/mol. The summed E-state index contributed by atoms with van der Waals surface area (Å²) in [4.78, 5) is -0.847. The molecule has 120 valence electrons. The van der Waals surface area contributed by atoms with Crippen LogP contribution in [-0.2, 0) is 30.8 Å². The molecule has 0 aliphatic rings. The second kappa shape index (κ2) is 6.97. The monoisotopic (exact) mass is 354 g/mol. The normalized spacial score (nSPS) is 15.6. The van der Waals surface area contributed by atoms with Crippen molar-refractivity contribution in [3.05, 3.63) is 24.3 Å². The van der Waals surface area contributed by atoms with E-state index in [1.54, 1.807) is 6.92 Å². The first-order chi connectivity index (χ1) is 9.54. The van der Waals surface area contributed by atoms with Gasteiger partial charge in [-0.25, -0.2) is 26.7 Å². The Bertz CT molecular complexity index is 728. The van der Waals surface area contributed by atoms with E-state index in [9.17, 15) is 21.0 Å². The summed E-state index contributed by atoms with van der Waals surface area (Å²) < 4.78 is 60.8. The number of primary sulfonamides is 1. The van der Waals surface area contributed by atoms with Crippen LogP contribution < -0.4 is 9.86 Å². The van der Waals surface area contributed by atoms with Gasteiger partial charge >= 0.3 is 0 Å². The second-order valence-electron chi connectivity index (χ2n) is 4.58. The summed E-state index contributed by atoms with van der Waals surface area (Å²) >= 11 is 0. The molecule has 2 unspecified atom stereocenters. The molecule has 1 aromatic rings. The van der Waals surface area contributed by atoms with E-state index < -0.39 is 46.7 Å². The molecule has 0 saturated carbocycles. The zero-order valence-electron chi connectivity index (χ0n) is 11.6. The predicted octanol–water partition coefficient (Wildman–Crippen LogP) is -0.231. The maximum absolute atomic E-state index is 12.2. The molecule has 3 N–H and O–H groups in total. The van der Waals surface area contributed by atoms with E-state index in [2.05, 4.69) is 4.72 Å². The van der Waals surface area contributed by atoms with Gasteiger partial charge in [0.15, 0.2) is 0 Å². The topological polar surface area (TPSA) is 123 Å². The standard InChI is InChI=1S/C11H18N2O5S3/c1-9(7-8-19(2)14)13-21(17,18)11-6-4-3-5-10(11)20(12,15)16/h3-6,9,13H,7-8H2,1-2H3,(H2,12,15,16). The average Bonchev–Trinajstić information content (AvgIpc) is 2.35. The number of benzene rings is 1. The maximum Gasteiger partial charge on any atom is 0.242 e. The summed E-state index contributed by atoms with van der Waals surface area (Å²) in [6.45, 7) is 1.62. The van der Waals surface area contributed by atoms with Crippen molar-refractivity contribution in [2.75, 3.05) is 12.0 Å². The number of nitrogens with one attached hydrogen (secondary N) is 1. The molecule has 10 heteroatoms. The first-order valence-electron chi connectivity index (χ1n) is 5.98. The average molecular weight is 354 g/mol. The van der Waals surface area contributed by atoms with Gasteiger partial charge in [0.25, 0.3) is 0 Å². The molecule has 0 bridgehead atoms. The van der Waals surface area contributed by atoms with E-state index in [4.69, 9.17) is 5.14 Å². The van der Waals surface area contributed by atoms with Gasteiger partial charge < -0.3 is 0 Å². The van der Waals surface area contributed by atoms with Crippen LogP contribution in [0.15, 0.2) is 34.1 Å². The Kier molecular flexibility index (Phi) is 6.05. The lowest BCUT2D eigenvalue weighted by Crippen LogP contribution is -2.34. The molecule has 0 heterocycles. The molecule has 0 radical (unpaired) electrons. The fourth-order valence-corrected chi connectivity index (χ4v) is 4.98. The van der Waals surface area contributed by atoms with Gasteiger partial charge in [0.1, 0.15) is 9.79 Å². The molecule has 0 aliphatic heterocycles. The number of hydrogen-bond donors (Lipinski definition) is 2. The minimum atomic E-state index is -4.15. The van der Waals surface area contributed by atoms with Crippen LogP contribution in [0.3, 0.4) is 0 Å². The number of nitrogens with two attached hydrogens (primary N) is 1. The van der Waals surface area contributed by atoms with Crippen molar-refractivity contribution in [3.63, 3.8) is 0 Å². The highest BCUT2D eigenvalue weighted by atomic mass is 32.2. The molecule has 0 aliphatic carbocycles. The van der Waals surface area contributed by atoms with Crippen LogP contribution in [0.2, 0.25) is 0 Å². The first-order valence-corrected chi connectivity index (χ1v) is 10.7. The smallest absolute Gasteiger partial charge is 0.242 e. The Morgan fingerprint density at radius 3 is 2.19 bits per heavy atom. The third-order valence-electron chi connectivity index (χ3n) is 2.64. The van der Waals surface area contributed by atoms with Crippen molar-refractivity contribution in [2.24, 2.45) is 5.14 Å². The van der Waals surface area contributed by atoms with Gasteiger partial charge in [-0.05, 0) is 25.5 Å². The van der Waals surface area contributed by atoms with E-state index in [1.807, 2.05) is 0 Å². The van der Waals surface area contributed by atoms with Crippen molar-refractivity contribution < 1.29 is 21.0 Å². The third kappa shape index (κ3) is 5.47. The first kappa shape index (κ1) is 18.2. The van der Waals surface area contributed by atoms with Gasteiger partial charge in [0, 0.05) is 28.9 Å². The molecule has 0 amide bonds. The summed E-state index contributed by atoms with van der Waals surface area (Å²) in [5, 5.41) is 5.02. The van der Waals surface area contributed by atoms with E-state index in [0.717, 1.165) is 6.07 Å². The van der Waals surface area contributed by atoms with Crippen molar-refractivity contribution in [1.82, 2.24) is 4.72 Å². The van der Waals surface area contributed by atoms with Gasteiger partial charge in [-0.2, -0.15) is 0 Å². The van der Waals surface area contributed by atoms with Crippen LogP contribution in [0.5, 0.6) is 0 Å². The van der Waals surface area contributed by atoms with Crippen LogP contribution in [0.1, 0.15) is 13.3 Å². The number of sulfonamides is 2. The summed E-state index contributed by atoms with van der Waals surface area (Å²) in [5.74, 6) is 0.348. The number of rotatable bonds is 7. The summed E-state index contributed by atoms with van der Waals surface area (Å²) in [6, 6.07) is 4.63. The molecule has 1 aromatic carbocycles. The quantitative estimate of drug-likeness (QED) is 0.700. The van der Waals surface area contributed by atoms with Crippen molar-refractivity contribution in [2.45, 2.75) is 29.2 Å². The summed E-state index contributed by atoms with van der Waals surface area (Å²) in [5.41, 5.74) is 0. The molecule has 0 aromatic heterocycles. The van der Waals surface area contributed by atoms with Crippen molar-refractivity contribution in [1.29, 1.82) is 0 Å². The molecular formula is C11H18N2O5S3. The molecule has 21 heavy (non-hydrogen) atoms. The van der Waals surface area contributed by atoms with Crippen LogP contribution in [0.4, 0.5) is 0 Å². The van der Waals surface area contributed by atoms with Crippen LogP contribution in [0, 0.1) is 0 Å². The fraction of sp³-hybridized carbons (Fsp3) is 0.455. The van der Waals surface area contributed by atoms with Gasteiger partial charge in [0.2, 0.25) is 20.0 Å². The Morgan fingerprint density at radius 1 is 1.19 bits per heavy atom. The van der Waals surface area contributed by atoms with Gasteiger partial charge in [-0.15, -0.1) is 0 Å². The zero-order valence-corrected chi connectivity index (χ0v) is 14.1. The van der Waals surface area contributed by atoms with E-state index >= 15 is 0 Å². The number of hydrogen-bond acceptors (Lipinski definition) is 5. The molecule has 0 fully saturated rings. The van der Waals surface area contributed by atoms with Gasteiger partial charge in [-0.1, -0.05) is 12.1 Å². The largest absolute Gasteiger partial charge is 0.260 e. The van der Waals surface area contributed by atoms with E-state index in [1.165, 1.54) is 24.5 Å². The highest BCUT2D eigenvalue weighted by Crippen LogP contribution is 2.19. The lowest BCUT2D eigenvalue weighted by molar-refractivity contribution is 0.551. The Hall–Kier alpha value is -0.810. The van der Waals surface area contributed by atoms with Crippen molar-refractivity contribution in [3.8, 4) is 0 Å². The Morgan fingerprint density at radius 2 is 1.71 bits per heavy atom. The minimum Gasteiger partial charge on any atom is -0.260 e. The maximum atomic E-state index is 12.2. The fourth-order valence-electron chi connectivity index (χ4n) is 1.64. The second-order valence-corrected chi connectivity index (χ2v) is 9.35. The molecule has 0 spiro atoms. The SMILES string of the molecule is CC(CCS(C)=O)NS(=O)(=O)c1ccccc1S(N)(=O)=O. The molecule has 1 rings (SSSR count). The molecule has 7 nitrogen and oxygen atoms in total. The molecule has 2 atom stereocenters. The van der Waals surface area contributed by atoms with E-state index in [-0.39, 0.29) is 0 Å². The summed E-state index contributed by atoms with van der Waals surface area (Å²) in [6.07, 6.45) is 1.90. The van der Waals surface area contributed by atoms with Gasteiger partial charge in [0.05, 0.1) is 0 Å². The summed E-state index contributed by atoms with van der Waals surface area (Å²) in [7, 11) is -9.20. The molecular weight excluding hydrogens is 336 g/mol.